The Labute approximate surface area is 208 Å². The zero-order chi connectivity index (χ0) is 25.9. The minimum Gasteiger partial charge on any atom is -0.497 e. The van der Waals surface area contributed by atoms with E-state index in [1.807, 2.05) is 6.07 Å². The average molecular weight is 515 g/mol. The average Bonchev–Trinajstić information content (AvgIpc) is 3.34. The summed E-state index contributed by atoms with van der Waals surface area (Å²) in [5.41, 5.74) is 1.38. The zero-order valence-corrected chi connectivity index (χ0v) is 21.0. The Morgan fingerprint density at radius 3 is 2.14 bits per heavy atom. The summed E-state index contributed by atoms with van der Waals surface area (Å²) in [7, 11) is 1.50. The van der Waals surface area contributed by atoms with Crippen molar-refractivity contribution in [3.8, 4) is 11.5 Å². The molecule has 1 unspecified atom stereocenters. The zero-order valence-electron chi connectivity index (χ0n) is 20.2. The van der Waals surface area contributed by atoms with Crippen LogP contribution in [0.3, 0.4) is 0 Å². The predicted molar refractivity (Wildman–Crippen MR) is 130 cm³/mol. The van der Waals surface area contributed by atoms with Crippen molar-refractivity contribution in [2.75, 3.05) is 28.4 Å². The van der Waals surface area contributed by atoms with Gasteiger partial charge in [-0.2, -0.15) is 0 Å². The molecule has 3 aromatic carbocycles. The Morgan fingerprint density at radius 1 is 0.917 bits per heavy atom. The van der Waals surface area contributed by atoms with E-state index < -0.39 is 30.3 Å². The number of methoxy groups -OCH3 is 2. The Kier molecular flexibility index (Phi) is 7.44. The van der Waals surface area contributed by atoms with Crippen molar-refractivity contribution in [2.45, 2.75) is 17.7 Å². The van der Waals surface area contributed by atoms with E-state index in [2.05, 4.69) is 0 Å². The summed E-state index contributed by atoms with van der Waals surface area (Å²) in [6, 6.07) is 19.7. The van der Waals surface area contributed by atoms with Crippen molar-refractivity contribution in [2.24, 2.45) is 0 Å². The van der Waals surface area contributed by atoms with Crippen LogP contribution in [0.5, 0.6) is 11.5 Å². The van der Waals surface area contributed by atoms with E-state index in [9.17, 15) is 14.7 Å². The van der Waals surface area contributed by atoms with Gasteiger partial charge in [-0.3, -0.25) is 14.7 Å². The van der Waals surface area contributed by atoms with E-state index in [4.69, 9.17) is 28.0 Å². The minimum absolute atomic E-state index is 0.0991. The molecule has 10 nitrogen and oxygen atoms in total. The molecule has 3 aromatic rings. The maximum absolute atomic E-state index is 14.3. The molecule has 1 saturated heterocycles. The number of rotatable bonds is 9. The molecular formula is C25H26NO9P. The normalized spacial score (nSPS) is 21.8. The molecule has 0 radical (unpaired) electrons. The van der Waals surface area contributed by atoms with Crippen molar-refractivity contribution in [1.82, 2.24) is 0 Å². The number of hydrogen-bond donors (Lipinski definition) is 0. The first-order valence-electron chi connectivity index (χ1n) is 10.9. The molecule has 0 amide bonds. The highest BCUT2D eigenvalue weighted by molar-refractivity contribution is 7.55. The van der Waals surface area contributed by atoms with Gasteiger partial charge in [0.2, 0.25) is 5.34 Å². The Balaban J connectivity index is 1.95. The largest absolute Gasteiger partial charge is 0.497 e. The molecule has 36 heavy (non-hydrogen) atoms. The molecule has 3 atom stereocenters. The summed E-state index contributed by atoms with van der Waals surface area (Å²) in [6.07, 6.45) is -2.10. The number of nitro benzene ring substituents is 1. The molecule has 0 saturated carbocycles. The third kappa shape index (κ3) is 4.27. The summed E-state index contributed by atoms with van der Waals surface area (Å²) in [5.74, 6) is 0.990. The monoisotopic (exact) mass is 515 g/mol. The highest BCUT2D eigenvalue weighted by Crippen LogP contribution is 2.74. The maximum atomic E-state index is 14.3. The molecule has 0 spiro atoms. The molecule has 1 aliphatic rings. The number of non-ortho nitro benzene ring substituents is 1. The fourth-order valence-electron chi connectivity index (χ4n) is 4.30. The number of nitrogens with zero attached hydrogens (tertiary/aromatic N) is 1. The van der Waals surface area contributed by atoms with E-state index >= 15 is 0 Å². The van der Waals surface area contributed by atoms with Gasteiger partial charge in [0.25, 0.3) is 5.69 Å². The number of ether oxygens (including phenoxy) is 4. The van der Waals surface area contributed by atoms with Crippen molar-refractivity contribution in [1.29, 1.82) is 0 Å². The van der Waals surface area contributed by atoms with Crippen LogP contribution in [0.2, 0.25) is 0 Å². The molecule has 1 fully saturated rings. The van der Waals surface area contributed by atoms with Crippen molar-refractivity contribution >= 4 is 13.3 Å². The fourth-order valence-corrected chi connectivity index (χ4v) is 6.18. The van der Waals surface area contributed by atoms with Crippen LogP contribution in [0.25, 0.3) is 0 Å². The van der Waals surface area contributed by atoms with Gasteiger partial charge in [0.05, 0.1) is 24.7 Å². The lowest BCUT2D eigenvalue weighted by atomic mass is 9.97. The molecule has 190 valence electrons. The SMILES string of the molecule is COc1ccc([C@H]2OC(c3ccc([N+](=O)[O-])cc3)[C@](c3ccccc3)(P(=O)(OC)OC)O2)c(OC)c1. The summed E-state index contributed by atoms with van der Waals surface area (Å²) < 4.78 is 49.0. The molecule has 0 aliphatic carbocycles. The Morgan fingerprint density at radius 2 is 1.58 bits per heavy atom. The van der Waals surface area contributed by atoms with Crippen molar-refractivity contribution < 1.29 is 37.5 Å². The van der Waals surface area contributed by atoms with Gasteiger partial charge in [0.15, 0.2) is 6.29 Å². The summed E-state index contributed by atoms with van der Waals surface area (Å²) in [4.78, 5) is 10.7. The highest BCUT2D eigenvalue weighted by atomic mass is 31.2. The van der Waals surface area contributed by atoms with E-state index in [1.54, 1.807) is 42.5 Å². The van der Waals surface area contributed by atoms with Gasteiger partial charge < -0.3 is 28.0 Å². The number of benzene rings is 3. The first-order valence-corrected chi connectivity index (χ1v) is 12.4. The van der Waals surface area contributed by atoms with Gasteiger partial charge >= 0.3 is 7.60 Å². The summed E-state index contributed by atoms with van der Waals surface area (Å²) >= 11 is 0. The Hall–Kier alpha value is -3.27. The molecule has 1 heterocycles. The van der Waals surface area contributed by atoms with Gasteiger partial charge in [-0.1, -0.05) is 30.3 Å². The van der Waals surface area contributed by atoms with E-state index in [0.29, 0.717) is 28.2 Å². The summed E-state index contributed by atoms with van der Waals surface area (Å²) in [5, 5.41) is 9.47. The van der Waals surface area contributed by atoms with Gasteiger partial charge in [-0.15, -0.1) is 0 Å². The van der Waals surface area contributed by atoms with E-state index in [-0.39, 0.29) is 5.69 Å². The standard InChI is InChI=1S/C25H26NO9P/c1-30-20-14-15-21(22(16-20)31-2)24-34-23(17-10-12-19(13-11-17)26(27)28)25(35-24,36(29,32-3)33-4)18-8-6-5-7-9-18/h5-16,23-24H,1-4H3/t23?,24-,25-/m0/s1. The molecule has 0 aromatic heterocycles. The molecular weight excluding hydrogens is 489 g/mol. The van der Waals surface area contributed by atoms with Gasteiger partial charge in [-0.05, 0) is 35.4 Å². The molecule has 11 heteroatoms. The van der Waals surface area contributed by atoms with Gasteiger partial charge in [0, 0.05) is 32.4 Å². The number of nitro groups is 1. The second-order valence-electron chi connectivity index (χ2n) is 7.85. The molecule has 0 N–H and O–H groups in total. The maximum Gasteiger partial charge on any atom is 0.369 e. The minimum atomic E-state index is -4.08. The third-order valence-corrected chi connectivity index (χ3v) is 8.45. The van der Waals surface area contributed by atoms with Crippen LogP contribution in [0.1, 0.15) is 29.1 Å². The lowest BCUT2D eigenvalue weighted by molar-refractivity contribution is -0.384. The van der Waals surface area contributed by atoms with Gasteiger partial charge in [0.1, 0.15) is 17.6 Å². The number of hydrogen-bond acceptors (Lipinski definition) is 9. The first kappa shape index (κ1) is 25.8. The molecule has 0 bridgehead atoms. The van der Waals surface area contributed by atoms with Crippen molar-refractivity contribution in [3.63, 3.8) is 0 Å². The summed E-state index contributed by atoms with van der Waals surface area (Å²) in [6.45, 7) is 0. The quantitative estimate of drug-likeness (QED) is 0.200. The first-order chi connectivity index (χ1) is 17.3. The second kappa shape index (κ2) is 10.4. The lowest BCUT2D eigenvalue weighted by Crippen LogP contribution is -2.33. The Bertz CT molecular complexity index is 1260. The van der Waals surface area contributed by atoms with Crippen LogP contribution >= 0.6 is 7.60 Å². The van der Waals surface area contributed by atoms with Gasteiger partial charge in [-0.25, -0.2) is 0 Å². The topological polar surface area (TPSA) is 116 Å². The molecule has 4 rings (SSSR count). The lowest BCUT2D eigenvalue weighted by Gasteiger charge is -2.37. The van der Waals surface area contributed by atoms with Crippen LogP contribution in [-0.4, -0.2) is 33.4 Å². The van der Waals surface area contributed by atoms with Crippen LogP contribution in [0.15, 0.2) is 72.8 Å². The van der Waals surface area contributed by atoms with E-state index in [0.717, 1.165) is 0 Å². The van der Waals surface area contributed by atoms with Crippen LogP contribution in [0.4, 0.5) is 5.69 Å². The van der Waals surface area contributed by atoms with Crippen LogP contribution < -0.4 is 9.47 Å². The highest BCUT2D eigenvalue weighted by Gasteiger charge is 2.65. The van der Waals surface area contributed by atoms with Crippen LogP contribution in [0, 0.1) is 10.1 Å². The van der Waals surface area contributed by atoms with E-state index in [1.165, 1.54) is 52.7 Å². The third-order valence-electron chi connectivity index (χ3n) is 6.08. The smallest absolute Gasteiger partial charge is 0.369 e. The predicted octanol–water partition coefficient (Wildman–Crippen LogP) is 5.74. The fraction of sp³-hybridized carbons (Fsp3) is 0.280. The second-order valence-corrected chi connectivity index (χ2v) is 10.2. The van der Waals surface area contributed by atoms with Crippen LogP contribution in [-0.2, 0) is 28.4 Å². The molecule has 1 aliphatic heterocycles. The van der Waals surface area contributed by atoms with Crippen molar-refractivity contribution in [3.05, 3.63) is 99.6 Å².